The molecule has 0 fully saturated rings. The molecule has 13 heavy (non-hydrogen) atoms. The first-order valence-electron chi connectivity index (χ1n) is 3.77. The fourth-order valence-corrected chi connectivity index (χ4v) is 0.821. The molecule has 0 unspecified atom stereocenters. The van der Waals surface area contributed by atoms with Crippen LogP contribution in [0.1, 0.15) is 0 Å². The number of nitrogens with one attached hydrogen (secondary N) is 1. The van der Waals surface area contributed by atoms with Gasteiger partial charge in [0.05, 0.1) is 6.20 Å². The molecule has 0 spiro atoms. The second kappa shape index (κ2) is 3.57. The Morgan fingerprint density at radius 1 is 1.23 bits per heavy atom. The smallest absolute Gasteiger partial charge is 0.174 e. The number of hydrogen-bond donors (Lipinski definition) is 1. The van der Waals surface area contributed by atoms with Crippen LogP contribution in [0.25, 0.3) is 0 Å². The molecule has 0 bridgehead atoms. The van der Waals surface area contributed by atoms with E-state index in [1.165, 1.54) is 0 Å². The Hall–Kier alpha value is -2.04. The molecule has 5 heteroatoms. The summed E-state index contributed by atoms with van der Waals surface area (Å²) in [5, 5.41) is 14.2. The van der Waals surface area contributed by atoms with Gasteiger partial charge in [-0.05, 0) is 12.1 Å². The van der Waals surface area contributed by atoms with Crippen molar-refractivity contribution in [1.29, 1.82) is 0 Å². The Morgan fingerprint density at radius 2 is 2.23 bits per heavy atom. The first kappa shape index (κ1) is 7.60. The van der Waals surface area contributed by atoms with Crippen LogP contribution >= 0.6 is 0 Å². The lowest BCUT2D eigenvalue weighted by molar-refractivity contribution is 1.09. The van der Waals surface area contributed by atoms with Crippen LogP contribution in [-0.2, 0) is 0 Å². The van der Waals surface area contributed by atoms with E-state index in [0.29, 0.717) is 11.5 Å². The summed E-state index contributed by atoms with van der Waals surface area (Å²) in [6.07, 6.45) is 4.92. The molecule has 64 valence electrons. The van der Waals surface area contributed by atoms with Gasteiger partial charge in [0.2, 0.25) is 0 Å². The number of aromatic amines is 1. The quantitative estimate of drug-likeness (QED) is 0.707. The maximum Gasteiger partial charge on any atom is 0.174 e. The Kier molecular flexibility index (Phi) is 2.09. The van der Waals surface area contributed by atoms with Crippen molar-refractivity contribution >= 4 is 11.5 Å². The molecule has 0 radical (unpaired) electrons. The van der Waals surface area contributed by atoms with Crippen LogP contribution in [0.4, 0.5) is 11.5 Å². The van der Waals surface area contributed by atoms with E-state index in [1.807, 2.05) is 12.1 Å². The molecule has 0 aliphatic heterocycles. The molecule has 0 aromatic carbocycles. The largest absolute Gasteiger partial charge is 0.283 e. The average Bonchev–Trinajstić information content (AvgIpc) is 2.69. The second-order valence-electron chi connectivity index (χ2n) is 2.34. The summed E-state index contributed by atoms with van der Waals surface area (Å²) in [5.74, 6) is 0.587. The highest BCUT2D eigenvalue weighted by Gasteiger charge is 1.89. The maximum absolute atomic E-state index is 3.99. The lowest BCUT2D eigenvalue weighted by atomic mass is 10.5. The van der Waals surface area contributed by atoms with E-state index in [4.69, 9.17) is 0 Å². The van der Waals surface area contributed by atoms with Crippen molar-refractivity contribution in [3.05, 3.63) is 36.8 Å². The van der Waals surface area contributed by atoms with Crippen molar-refractivity contribution < 1.29 is 0 Å². The van der Waals surface area contributed by atoms with E-state index in [-0.39, 0.29) is 0 Å². The first-order chi connectivity index (χ1) is 6.45. The molecule has 2 rings (SSSR count). The third kappa shape index (κ3) is 1.96. The number of rotatable bonds is 2. The molecule has 0 amide bonds. The summed E-state index contributed by atoms with van der Waals surface area (Å²) in [7, 11) is 0. The molecule has 1 N–H and O–H groups in total. The van der Waals surface area contributed by atoms with E-state index < -0.39 is 0 Å². The standard InChI is InChI=1S/C8H7N5/c1-2-4-9-8(3-1)13-12-7-5-10-11-6-7/h1-6H,(H,10,11). The molecular formula is C8H7N5. The highest BCUT2D eigenvalue weighted by Crippen LogP contribution is 2.12. The van der Waals surface area contributed by atoms with Gasteiger partial charge in [-0.25, -0.2) is 4.98 Å². The Bertz CT molecular complexity index is 378. The van der Waals surface area contributed by atoms with Gasteiger partial charge in [-0.2, -0.15) is 5.10 Å². The zero-order chi connectivity index (χ0) is 8.93. The molecule has 0 saturated heterocycles. The Labute approximate surface area is 74.6 Å². The minimum Gasteiger partial charge on any atom is -0.283 e. The Balaban J connectivity index is 2.15. The highest BCUT2D eigenvalue weighted by molar-refractivity contribution is 5.31. The van der Waals surface area contributed by atoms with Crippen LogP contribution in [0.15, 0.2) is 47.0 Å². The normalized spacial score (nSPS) is 10.8. The van der Waals surface area contributed by atoms with Crippen molar-refractivity contribution in [1.82, 2.24) is 15.2 Å². The van der Waals surface area contributed by atoms with E-state index in [1.54, 1.807) is 24.7 Å². The maximum atomic E-state index is 3.99. The number of pyridine rings is 1. The summed E-state index contributed by atoms with van der Waals surface area (Å²) in [4.78, 5) is 3.99. The lowest BCUT2D eigenvalue weighted by Crippen LogP contribution is -1.67. The van der Waals surface area contributed by atoms with E-state index in [9.17, 15) is 0 Å². The summed E-state index contributed by atoms with van der Waals surface area (Å²) >= 11 is 0. The van der Waals surface area contributed by atoms with Gasteiger partial charge >= 0.3 is 0 Å². The van der Waals surface area contributed by atoms with E-state index >= 15 is 0 Å². The van der Waals surface area contributed by atoms with Crippen molar-refractivity contribution in [2.75, 3.05) is 0 Å². The Morgan fingerprint density at radius 3 is 2.92 bits per heavy atom. The van der Waals surface area contributed by atoms with Gasteiger partial charge in [0.15, 0.2) is 5.82 Å². The average molecular weight is 173 g/mol. The van der Waals surface area contributed by atoms with Crippen molar-refractivity contribution in [3.63, 3.8) is 0 Å². The molecule has 0 aliphatic rings. The second-order valence-corrected chi connectivity index (χ2v) is 2.34. The van der Waals surface area contributed by atoms with Gasteiger partial charge in [-0.1, -0.05) is 6.07 Å². The fraction of sp³-hybridized carbons (Fsp3) is 0. The molecule has 0 atom stereocenters. The van der Waals surface area contributed by atoms with E-state index in [2.05, 4.69) is 25.4 Å². The number of aromatic nitrogens is 3. The van der Waals surface area contributed by atoms with Crippen LogP contribution in [0.5, 0.6) is 0 Å². The van der Waals surface area contributed by atoms with Crippen LogP contribution in [0, 0.1) is 0 Å². The van der Waals surface area contributed by atoms with E-state index in [0.717, 1.165) is 0 Å². The summed E-state index contributed by atoms with van der Waals surface area (Å²) in [6.45, 7) is 0. The van der Waals surface area contributed by atoms with Gasteiger partial charge in [-0.3, -0.25) is 5.10 Å². The third-order valence-electron chi connectivity index (χ3n) is 1.40. The zero-order valence-corrected chi connectivity index (χ0v) is 6.75. The molecule has 2 heterocycles. The number of hydrogen-bond acceptors (Lipinski definition) is 4. The van der Waals surface area contributed by atoms with Crippen molar-refractivity contribution in [2.45, 2.75) is 0 Å². The minimum atomic E-state index is 0.587. The third-order valence-corrected chi connectivity index (χ3v) is 1.40. The van der Waals surface area contributed by atoms with Gasteiger partial charge < -0.3 is 0 Å². The summed E-state index contributed by atoms with van der Waals surface area (Å²) < 4.78 is 0. The summed E-state index contributed by atoms with van der Waals surface area (Å²) in [5.41, 5.74) is 0.686. The number of azo groups is 1. The SMILES string of the molecule is c1ccc(N=Nc2cn[nH]c2)nc1. The molecule has 2 aromatic heterocycles. The highest BCUT2D eigenvalue weighted by atomic mass is 15.2. The monoisotopic (exact) mass is 173 g/mol. The van der Waals surface area contributed by atoms with Crippen LogP contribution in [0.3, 0.4) is 0 Å². The van der Waals surface area contributed by atoms with Crippen LogP contribution < -0.4 is 0 Å². The molecular weight excluding hydrogens is 166 g/mol. The van der Waals surface area contributed by atoms with Crippen LogP contribution in [-0.4, -0.2) is 15.2 Å². The predicted octanol–water partition coefficient (Wildman–Crippen LogP) is 2.22. The summed E-state index contributed by atoms with van der Waals surface area (Å²) in [6, 6.07) is 5.47. The molecule has 5 nitrogen and oxygen atoms in total. The fourth-order valence-electron chi connectivity index (χ4n) is 0.821. The molecule has 0 aliphatic carbocycles. The van der Waals surface area contributed by atoms with Crippen molar-refractivity contribution in [3.8, 4) is 0 Å². The van der Waals surface area contributed by atoms with Gasteiger partial charge in [0, 0.05) is 12.4 Å². The lowest BCUT2D eigenvalue weighted by Gasteiger charge is -1.86. The topological polar surface area (TPSA) is 66.3 Å². The number of H-pyrrole nitrogens is 1. The molecule has 0 saturated carbocycles. The molecule has 2 aromatic rings. The van der Waals surface area contributed by atoms with Crippen molar-refractivity contribution in [2.24, 2.45) is 10.2 Å². The van der Waals surface area contributed by atoms with Gasteiger partial charge in [0.1, 0.15) is 5.69 Å². The first-order valence-corrected chi connectivity index (χ1v) is 3.77. The van der Waals surface area contributed by atoms with Gasteiger partial charge in [-0.15, -0.1) is 10.2 Å². The minimum absolute atomic E-state index is 0.587. The predicted molar refractivity (Wildman–Crippen MR) is 47.0 cm³/mol. The number of nitrogens with zero attached hydrogens (tertiary/aromatic N) is 4. The zero-order valence-electron chi connectivity index (χ0n) is 6.75. The van der Waals surface area contributed by atoms with Crippen LogP contribution in [0.2, 0.25) is 0 Å². The van der Waals surface area contributed by atoms with Gasteiger partial charge in [0.25, 0.3) is 0 Å².